The van der Waals surface area contributed by atoms with Crippen LogP contribution in [0.1, 0.15) is 45.2 Å². The summed E-state index contributed by atoms with van der Waals surface area (Å²) in [5, 5.41) is 8.77. The minimum absolute atomic E-state index is 0.0256. The lowest BCUT2D eigenvalue weighted by Gasteiger charge is -2.32. The van der Waals surface area contributed by atoms with Crippen LogP contribution in [0.2, 0.25) is 0 Å². The van der Waals surface area contributed by atoms with E-state index < -0.39 is 24.7 Å². The summed E-state index contributed by atoms with van der Waals surface area (Å²) in [6.07, 6.45) is -1.50. The minimum atomic E-state index is -2.75. The van der Waals surface area contributed by atoms with Gasteiger partial charge in [0, 0.05) is 11.8 Å². The van der Waals surface area contributed by atoms with Crippen molar-refractivity contribution in [1.82, 2.24) is 4.98 Å². The number of halogens is 2. The molecule has 0 atom stereocenters. The highest BCUT2D eigenvalue weighted by Crippen LogP contribution is 2.37. The van der Waals surface area contributed by atoms with Gasteiger partial charge in [-0.15, -0.1) is 0 Å². The monoisotopic (exact) mass is 280 g/mol. The van der Waals surface area contributed by atoms with Gasteiger partial charge in [0.2, 0.25) is 0 Å². The molecule has 4 nitrogen and oxygen atoms in total. The van der Waals surface area contributed by atoms with Crippen molar-refractivity contribution in [2.24, 2.45) is 0 Å². The third-order valence-corrected chi connectivity index (χ3v) is 3.79. The Hall–Kier alpha value is -1.52. The Morgan fingerprint density at radius 1 is 1.25 bits per heavy atom. The Labute approximate surface area is 116 Å². The van der Waals surface area contributed by atoms with Crippen LogP contribution in [0, 0.1) is 11.3 Å². The Morgan fingerprint density at radius 3 is 2.25 bits per heavy atom. The van der Waals surface area contributed by atoms with Gasteiger partial charge in [0.25, 0.3) is 6.43 Å². The lowest BCUT2D eigenvalue weighted by Crippen LogP contribution is -2.41. The lowest BCUT2D eigenvalue weighted by molar-refractivity contribution is 0.00578. The highest BCUT2D eigenvalue weighted by molar-refractivity contribution is 6.61. The van der Waals surface area contributed by atoms with Crippen LogP contribution >= 0.6 is 0 Å². The van der Waals surface area contributed by atoms with Gasteiger partial charge in [-0.05, 0) is 33.8 Å². The molecule has 106 valence electrons. The maximum atomic E-state index is 13.1. The molecule has 1 aromatic rings. The van der Waals surface area contributed by atoms with E-state index in [9.17, 15) is 8.78 Å². The molecule has 20 heavy (non-hydrogen) atoms. The molecular formula is C13H15BF2N2O2. The normalized spacial score (nSPS) is 20.2. The van der Waals surface area contributed by atoms with E-state index in [-0.39, 0.29) is 16.7 Å². The molecule has 1 fully saturated rings. The zero-order valence-electron chi connectivity index (χ0n) is 11.8. The van der Waals surface area contributed by atoms with Gasteiger partial charge in [0.15, 0.2) is 0 Å². The van der Waals surface area contributed by atoms with Gasteiger partial charge >= 0.3 is 7.12 Å². The minimum Gasteiger partial charge on any atom is -0.398 e. The van der Waals surface area contributed by atoms with Crippen molar-refractivity contribution in [3.05, 3.63) is 23.4 Å². The second kappa shape index (κ2) is 4.79. The highest BCUT2D eigenvalue weighted by atomic mass is 19.3. The predicted octanol–water partition coefficient (Wildman–Crippen LogP) is 2.19. The summed E-state index contributed by atoms with van der Waals surface area (Å²) in [5.74, 6) is 0. The summed E-state index contributed by atoms with van der Waals surface area (Å²) in [6, 6.07) is 2.92. The summed E-state index contributed by atoms with van der Waals surface area (Å²) in [6.45, 7) is 7.33. The van der Waals surface area contributed by atoms with Gasteiger partial charge < -0.3 is 9.31 Å². The molecular weight excluding hydrogens is 265 g/mol. The van der Waals surface area contributed by atoms with Gasteiger partial charge in [-0.3, -0.25) is 4.98 Å². The summed E-state index contributed by atoms with van der Waals surface area (Å²) in [7, 11) is -0.961. The molecule has 0 radical (unpaired) electrons. The van der Waals surface area contributed by atoms with E-state index in [2.05, 4.69) is 4.98 Å². The SMILES string of the molecule is CC1(C)OB(c2ncc(C#N)cc2C(F)F)OC1(C)C. The quantitative estimate of drug-likeness (QED) is 0.779. The zero-order valence-corrected chi connectivity index (χ0v) is 11.8. The van der Waals surface area contributed by atoms with E-state index in [4.69, 9.17) is 14.6 Å². The largest absolute Gasteiger partial charge is 0.515 e. The van der Waals surface area contributed by atoms with Crippen LogP contribution in [0.4, 0.5) is 8.78 Å². The molecule has 1 aliphatic heterocycles. The number of rotatable bonds is 2. The van der Waals surface area contributed by atoms with E-state index in [1.807, 2.05) is 27.7 Å². The molecule has 0 aromatic carbocycles. The van der Waals surface area contributed by atoms with Crippen LogP contribution < -0.4 is 5.59 Å². The van der Waals surface area contributed by atoms with Crippen molar-refractivity contribution in [1.29, 1.82) is 5.26 Å². The molecule has 0 unspecified atom stereocenters. The Balaban J connectivity index is 2.43. The second-order valence-electron chi connectivity index (χ2n) is 5.70. The van der Waals surface area contributed by atoms with E-state index in [1.54, 1.807) is 6.07 Å². The number of hydrogen-bond donors (Lipinski definition) is 0. The topological polar surface area (TPSA) is 55.1 Å². The number of nitriles is 1. The molecule has 1 aliphatic rings. The van der Waals surface area contributed by atoms with Crippen LogP contribution in [-0.2, 0) is 9.31 Å². The maximum Gasteiger partial charge on any atom is 0.515 e. The van der Waals surface area contributed by atoms with Gasteiger partial charge in [0.1, 0.15) is 6.07 Å². The number of pyridine rings is 1. The summed E-state index contributed by atoms with van der Waals surface area (Å²) < 4.78 is 37.7. The molecule has 0 saturated carbocycles. The van der Waals surface area contributed by atoms with E-state index in [0.717, 1.165) is 6.07 Å². The number of hydrogen-bond acceptors (Lipinski definition) is 4. The maximum absolute atomic E-state index is 13.1. The molecule has 2 rings (SSSR count). The number of aromatic nitrogens is 1. The van der Waals surface area contributed by atoms with Crippen molar-refractivity contribution in [2.75, 3.05) is 0 Å². The fourth-order valence-electron chi connectivity index (χ4n) is 1.88. The fraction of sp³-hybridized carbons (Fsp3) is 0.538. The molecule has 0 amide bonds. The summed E-state index contributed by atoms with van der Waals surface area (Å²) >= 11 is 0. The third-order valence-electron chi connectivity index (χ3n) is 3.79. The highest BCUT2D eigenvalue weighted by Gasteiger charge is 2.53. The van der Waals surface area contributed by atoms with Crippen molar-refractivity contribution in [2.45, 2.75) is 45.3 Å². The first kappa shape index (κ1) is 14.9. The van der Waals surface area contributed by atoms with E-state index in [1.165, 1.54) is 6.20 Å². The first-order valence-corrected chi connectivity index (χ1v) is 6.21. The van der Waals surface area contributed by atoms with Gasteiger partial charge in [-0.2, -0.15) is 5.26 Å². The molecule has 2 heterocycles. The Kier molecular flexibility index (Phi) is 3.57. The summed E-state index contributed by atoms with van der Waals surface area (Å²) in [4.78, 5) is 3.93. The van der Waals surface area contributed by atoms with Crippen molar-refractivity contribution in [3.63, 3.8) is 0 Å². The van der Waals surface area contributed by atoms with Gasteiger partial charge in [-0.25, -0.2) is 8.78 Å². The predicted molar refractivity (Wildman–Crippen MR) is 69.6 cm³/mol. The zero-order chi connectivity index (χ0) is 15.1. The van der Waals surface area contributed by atoms with Crippen molar-refractivity contribution >= 4 is 12.7 Å². The van der Waals surface area contributed by atoms with E-state index in [0.29, 0.717) is 0 Å². The first-order valence-electron chi connectivity index (χ1n) is 6.21. The van der Waals surface area contributed by atoms with Crippen molar-refractivity contribution in [3.8, 4) is 6.07 Å². The average molecular weight is 280 g/mol. The smallest absolute Gasteiger partial charge is 0.398 e. The van der Waals surface area contributed by atoms with Crippen LogP contribution in [-0.4, -0.2) is 23.3 Å². The van der Waals surface area contributed by atoms with Gasteiger partial charge in [-0.1, -0.05) is 0 Å². The second-order valence-corrected chi connectivity index (χ2v) is 5.70. The van der Waals surface area contributed by atoms with Crippen LogP contribution in [0.5, 0.6) is 0 Å². The standard InChI is InChI=1S/C13H15BF2N2O2/c1-12(2)13(3,4)20-14(19-12)10-9(11(15)16)5-8(6-17)7-18-10/h5,7,11H,1-4H3. The molecule has 1 saturated heterocycles. The first-order chi connectivity index (χ1) is 9.18. The van der Waals surface area contributed by atoms with Crippen LogP contribution in [0.25, 0.3) is 0 Å². The number of nitrogens with zero attached hydrogens (tertiary/aromatic N) is 2. The summed E-state index contributed by atoms with van der Waals surface area (Å²) in [5.41, 5.74) is -1.49. The van der Waals surface area contributed by atoms with Gasteiger partial charge in [0.05, 0.1) is 22.4 Å². The molecule has 0 spiro atoms. The molecule has 7 heteroatoms. The fourth-order valence-corrected chi connectivity index (χ4v) is 1.88. The Morgan fingerprint density at radius 2 is 1.80 bits per heavy atom. The lowest BCUT2D eigenvalue weighted by atomic mass is 9.80. The van der Waals surface area contributed by atoms with E-state index >= 15 is 0 Å². The third kappa shape index (κ3) is 2.41. The molecule has 0 N–H and O–H groups in total. The van der Waals surface area contributed by atoms with Crippen molar-refractivity contribution < 1.29 is 18.1 Å². The number of alkyl halides is 2. The molecule has 0 aliphatic carbocycles. The molecule has 0 bridgehead atoms. The Bertz CT molecular complexity index is 554. The van der Waals surface area contributed by atoms with Crippen LogP contribution in [0.3, 0.4) is 0 Å². The molecule has 1 aromatic heterocycles. The average Bonchev–Trinajstić information content (AvgIpc) is 2.57. The van der Waals surface area contributed by atoms with Crippen LogP contribution in [0.15, 0.2) is 12.3 Å².